The van der Waals surface area contributed by atoms with E-state index >= 15 is 0 Å². The molecular formula is C10H21N. The Kier molecular flexibility index (Phi) is 7.59. The monoisotopic (exact) mass is 155 g/mol. The summed E-state index contributed by atoms with van der Waals surface area (Å²) in [6, 6.07) is 0. The normalized spacial score (nSPS) is 12.9. The van der Waals surface area contributed by atoms with Gasteiger partial charge in [-0.1, -0.05) is 19.4 Å². The fourth-order valence-electron chi connectivity index (χ4n) is 1.15. The minimum atomic E-state index is 0.863. The van der Waals surface area contributed by atoms with Gasteiger partial charge in [0.15, 0.2) is 0 Å². The highest BCUT2D eigenvalue weighted by Crippen LogP contribution is 2.10. The Morgan fingerprint density at radius 2 is 2.18 bits per heavy atom. The predicted molar refractivity (Wildman–Crippen MR) is 51.8 cm³/mol. The molecule has 0 fully saturated rings. The van der Waals surface area contributed by atoms with Gasteiger partial charge in [0.1, 0.15) is 0 Å². The van der Waals surface area contributed by atoms with Gasteiger partial charge in [0.05, 0.1) is 0 Å². The van der Waals surface area contributed by atoms with Crippen LogP contribution in [0.2, 0.25) is 0 Å². The standard InChI is InChI=1S/C10H21N/c1-4-5-6-7-10(2)8-9-11-3/h4,10-11H,1,5-9H2,2-3H3. The number of rotatable bonds is 7. The van der Waals surface area contributed by atoms with Crippen molar-refractivity contribution in [2.24, 2.45) is 5.92 Å². The summed E-state index contributed by atoms with van der Waals surface area (Å²) >= 11 is 0. The maximum absolute atomic E-state index is 3.71. The first kappa shape index (κ1) is 10.7. The zero-order valence-electron chi connectivity index (χ0n) is 7.90. The van der Waals surface area contributed by atoms with Crippen molar-refractivity contribution in [2.75, 3.05) is 13.6 Å². The maximum atomic E-state index is 3.71. The molecule has 0 aromatic heterocycles. The summed E-state index contributed by atoms with van der Waals surface area (Å²) in [6.07, 6.45) is 7.12. The zero-order valence-corrected chi connectivity index (χ0v) is 7.90. The van der Waals surface area contributed by atoms with E-state index in [2.05, 4.69) is 18.8 Å². The molecular weight excluding hydrogens is 134 g/mol. The molecule has 0 aliphatic heterocycles. The van der Waals surface area contributed by atoms with Crippen molar-refractivity contribution in [3.63, 3.8) is 0 Å². The van der Waals surface area contributed by atoms with E-state index in [9.17, 15) is 0 Å². The molecule has 0 saturated heterocycles. The Balaban J connectivity index is 3.08. The zero-order chi connectivity index (χ0) is 8.53. The van der Waals surface area contributed by atoms with Crippen LogP contribution in [0.3, 0.4) is 0 Å². The molecule has 11 heavy (non-hydrogen) atoms. The molecule has 0 aromatic carbocycles. The van der Waals surface area contributed by atoms with Crippen LogP contribution in [-0.2, 0) is 0 Å². The maximum Gasteiger partial charge on any atom is -0.00494 e. The van der Waals surface area contributed by atoms with E-state index in [0.717, 1.165) is 12.5 Å². The second-order valence-corrected chi connectivity index (χ2v) is 3.22. The molecule has 1 heteroatoms. The molecule has 1 unspecified atom stereocenters. The van der Waals surface area contributed by atoms with Crippen LogP contribution < -0.4 is 5.32 Å². The molecule has 0 heterocycles. The molecule has 1 nitrogen and oxygen atoms in total. The van der Waals surface area contributed by atoms with Crippen molar-refractivity contribution in [1.82, 2.24) is 5.32 Å². The van der Waals surface area contributed by atoms with Crippen LogP contribution in [0.15, 0.2) is 12.7 Å². The van der Waals surface area contributed by atoms with Crippen LogP contribution in [0.25, 0.3) is 0 Å². The Hall–Kier alpha value is -0.300. The average molecular weight is 155 g/mol. The number of hydrogen-bond acceptors (Lipinski definition) is 1. The minimum absolute atomic E-state index is 0.863. The van der Waals surface area contributed by atoms with Crippen molar-refractivity contribution in [3.8, 4) is 0 Å². The third-order valence-electron chi connectivity index (χ3n) is 1.99. The lowest BCUT2D eigenvalue weighted by molar-refractivity contribution is 0.468. The van der Waals surface area contributed by atoms with Gasteiger partial charge in [-0.2, -0.15) is 0 Å². The highest BCUT2D eigenvalue weighted by Gasteiger charge is 1.99. The number of unbranched alkanes of at least 4 members (excludes halogenated alkanes) is 1. The summed E-state index contributed by atoms with van der Waals surface area (Å²) in [7, 11) is 2.01. The van der Waals surface area contributed by atoms with Gasteiger partial charge in [0.2, 0.25) is 0 Å². The van der Waals surface area contributed by atoms with E-state index < -0.39 is 0 Å². The first-order chi connectivity index (χ1) is 5.31. The van der Waals surface area contributed by atoms with Crippen molar-refractivity contribution >= 4 is 0 Å². The van der Waals surface area contributed by atoms with E-state index in [0.29, 0.717) is 0 Å². The average Bonchev–Trinajstić information content (AvgIpc) is 2.01. The van der Waals surface area contributed by atoms with E-state index in [4.69, 9.17) is 0 Å². The van der Waals surface area contributed by atoms with E-state index in [-0.39, 0.29) is 0 Å². The second-order valence-electron chi connectivity index (χ2n) is 3.22. The molecule has 0 aromatic rings. The third kappa shape index (κ3) is 7.60. The van der Waals surface area contributed by atoms with Crippen molar-refractivity contribution in [2.45, 2.75) is 32.6 Å². The van der Waals surface area contributed by atoms with Gasteiger partial charge in [-0.25, -0.2) is 0 Å². The van der Waals surface area contributed by atoms with Crippen molar-refractivity contribution in [3.05, 3.63) is 12.7 Å². The SMILES string of the molecule is C=CCCCC(C)CCNC. The lowest BCUT2D eigenvalue weighted by Gasteiger charge is -2.09. The number of nitrogens with one attached hydrogen (secondary N) is 1. The van der Waals surface area contributed by atoms with Crippen molar-refractivity contribution in [1.29, 1.82) is 0 Å². The lowest BCUT2D eigenvalue weighted by Crippen LogP contribution is -2.11. The van der Waals surface area contributed by atoms with E-state index in [1.807, 2.05) is 13.1 Å². The lowest BCUT2D eigenvalue weighted by atomic mass is 10.0. The summed E-state index contributed by atoms with van der Waals surface area (Å²) in [5.41, 5.74) is 0. The fourth-order valence-corrected chi connectivity index (χ4v) is 1.15. The molecule has 0 rings (SSSR count). The molecule has 66 valence electrons. The van der Waals surface area contributed by atoms with Crippen LogP contribution in [0.4, 0.5) is 0 Å². The largest absolute Gasteiger partial charge is 0.320 e. The van der Waals surface area contributed by atoms with Crippen LogP contribution in [0, 0.1) is 5.92 Å². The molecule has 0 amide bonds. The summed E-state index contributed by atoms with van der Waals surface area (Å²) in [6.45, 7) is 7.18. The predicted octanol–water partition coefficient (Wildman–Crippen LogP) is 2.59. The molecule has 0 aliphatic carbocycles. The summed E-state index contributed by atoms with van der Waals surface area (Å²) in [4.78, 5) is 0. The third-order valence-corrected chi connectivity index (χ3v) is 1.99. The quantitative estimate of drug-likeness (QED) is 0.440. The molecule has 0 radical (unpaired) electrons. The smallest absolute Gasteiger partial charge is 0.00494 e. The van der Waals surface area contributed by atoms with E-state index in [1.54, 1.807) is 0 Å². The molecule has 0 spiro atoms. The van der Waals surface area contributed by atoms with Crippen LogP contribution in [-0.4, -0.2) is 13.6 Å². The van der Waals surface area contributed by atoms with E-state index in [1.165, 1.54) is 25.7 Å². The second kappa shape index (κ2) is 7.80. The van der Waals surface area contributed by atoms with Gasteiger partial charge in [-0.05, 0) is 38.8 Å². The van der Waals surface area contributed by atoms with Gasteiger partial charge in [-0.3, -0.25) is 0 Å². The Labute approximate surface area is 70.9 Å². The summed E-state index contributed by atoms with van der Waals surface area (Å²) in [5.74, 6) is 0.863. The van der Waals surface area contributed by atoms with Gasteiger partial charge in [0.25, 0.3) is 0 Å². The molecule has 0 aliphatic rings. The minimum Gasteiger partial charge on any atom is -0.320 e. The van der Waals surface area contributed by atoms with Gasteiger partial charge >= 0.3 is 0 Å². The van der Waals surface area contributed by atoms with Crippen LogP contribution in [0.1, 0.15) is 32.6 Å². The topological polar surface area (TPSA) is 12.0 Å². The number of allylic oxidation sites excluding steroid dienone is 1. The fraction of sp³-hybridized carbons (Fsp3) is 0.800. The molecule has 0 bridgehead atoms. The highest BCUT2D eigenvalue weighted by atomic mass is 14.8. The summed E-state index contributed by atoms with van der Waals surface area (Å²) in [5, 5.41) is 3.17. The first-order valence-electron chi connectivity index (χ1n) is 4.56. The van der Waals surface area contributed by atoms with Crippen LogP contribution in [0.5, 0.6) is 0 Å². The van der Waals surface area contributed by atoms with Gasteiger partial charge in [0, 0.05) is 0 Å². The van der Waals surface area contributed by atoms with Gasteiger partial charge < -0.3 is 5.32 Å². The Morgan fingerprint density at radius 1 is 1.45 bits per heavy atom. The molecule has 1 N–H and O–H groups in total. The molecule has 0 saturated carbocycles. The first-order valence-corrected chi connectivity index (χ1v) is 4.56. The Morgan fingerprint density at radius 3 is 2.73 bits per heavy atom. The molecule has 1 atom stereocenters. The highest BCUT2D eigenvalue weighted by molar-refractivity contribution is 4.66. The van der Waals surface area contributed by atoms with Crippen LogP contribution >= 0.6 is 0 Å². The number of hydrogen-bond donors (Lipinski definition) is 1. The van der Waals surface area contributed by atoms with Gasteiger partial charge in [-0.15, -0.1) is 6.58 Å². The summed E-state index contributed by atoms with van der Waals surface area (Å²) < 4.78 is 0. The Bertz CT molecular complexity index is 88.9. The van der Waals surface area contributed by atoms with Crippen molar-refractivity contribution < 1.29 is 0 Å².